The van der Waals surface area contributed by atoms with Gasteiger partial charge in [0, 0.05) is 12.4 Å². The smallest absolute Gasteiger partial charge is 0.224 e. The van der Waals surface area contributed by atoms with Crippen molar-refractivity contribution in [3.8, 4) is 0 Å². The quantitative estimate of drug-likeness (QED) is 0.793. The van der Waals surface area contributed by atoms with Gasteiger partial charge in [-0.2, -0.15) is 4.31 Å². The third-order valence-electron chi connectivity index (χ3n) is 1.66. The Morgan fingerprint density at radius 2 is 2.29 bits per heavy atom. The fourth-order valence-corrected chi connectivity index (χ4v) is 3.04. The van der Waals surface area contributed by atoms with Gasteiger partial charge in [-0.25, -0.2) is 13.4 Å². The van der Waals surface area contributed by atoms with E-state index in [0.717, 1.165) is 10.7 Å². The molecule has 0 aliphatic heterocycles. The lowest BCUT2D eigenvalue weighted by Gasteiger charge is -2.13. The maximum absolute atomic E-state index is 11.4. The van der Waals surface area contributed by atoms with Crippen LogP contribution in [0, 0.1) is 6.92 Å². The number of rotatable bonds is 4. The maximum Gasteiger partial charge on any atom is 0.224 e. The lowest BCUT2D eigenvalue weighted by Crippen LogP contribution is -2.27. The summed E-state index contributed by atoms with van der Waals surface area (Å²) in [5, 5.41) is 2.82. The molecule has 14 heavy (non-hydrogen) atoms. The number of thiazole rings is 1. The molecule has 0 spiro atoms. The first-order valence-electron chi connectivity index (χ1n) is 3.86. The molecule has 0 radical (unpaired) electrons. The first-order valence-corrected chi connectivity index (χ1v) is 7.47. The van der Waals surface area contributed by atoms with E-state index in [-0.39, 0.29) is 4.66 Å². The SMILES string of the molecule is Cc1nc(CN(C)S(=O)(=O)CBr)cs1. The van der Waals surface area contributed by atoms with Crippen LogP contribution in [0.3, 0.4) is 0 Å². The molecule has 0 bridgehead atoms. The number of aromatic nitrogens is 1. The van der Waals surface area contributed by atoms with E-state index in [4.69, 9.17) is 0 Å². The fourth-order valence-electron chi connectivity index (χ4n) is 0.891. The molecule has 1 aromatic rings. The van der Waals surface area contributed by atoms with Crippen molar-refractivity contribution >= 4 is 37.3 Å². The molecule has 0 unspecified atom stereocenters. The van der Waals surface area contributed by atoms with Gasteiger partial charge in [0.1, 0.15) is 4.66 Å². The highest BCUT2D eigenvalue weighted by molar-refractivity contribution is 9.10. The summed E-state index contributed by atoms with van der Waals surface area (Å²) in [6.45, 7) is 2.23. The fraction of sp³-hybridized carbons (Fsp3) is 0.571. The summed E-state index contributed by atoms with van der Waals surface area (Å²) in [6.07, 6.45) is 0. The predicted molar refractivity (Wildman–Crippen MR) is 61.0 cm³/mol. The van der Waals surface area contributed by atoms with Gasteiger partial charge in [0.15, 0.2) is 0 Å². The van der Waals surface area contributed by atoms with Crippen LogP contribution in [0.15, 0.2) is 5.38 Å². The number of hydrogen-bond acceptors (Lipinski definition) is 4. The van der Waals surface area contributed by atoms with E-state index in [2.05, 4.69) is 20.9 Å². The zero-order chi connectivity index (χ0) is 10.8. The van der Waals surface area contributed by atoms with Crippen LogP contribution in [0.4, 0.5) is 0 Å². The maximum atomic E-state index is 11.4. The molecule has 7 heteroatoms. The highest BCUT2D eigenvalue weighted by Crippen LogP contribution is 2.12. The second-order valence-corrected chi connectivity index (χ2v) is 7.28. The van der Waals surface area contributed by atoms with Crippen LogP contribution in [0.2, 0.25) is 0 Å². The Balaban J connectivity index is 2.71. The van der Waals surface area contributed by atoms with Gasteiger partial charge in [0.25, 0.3) is 0 Å². The second-order valence-electron chi connectivity index (χ2n) is 2.83. The summed E-state index contributed by atoms with van der Waals surface area (Å²) < 4.78 is 24.0. The van der Waals surface area contributed by atoms with Crippen molar-refractivity contribution in [1.82, 2.24) is 9.29 Å². The van der Waals surface area contributed by atoms with Gasteiger partial charge in [-0.05, 0) is 6.92 Å². The number of hydrogen-bond donors (Lipinski definition) is 0. The molecule has 1 rings (SSSR count). The molecular formula is C7H11BrN2O2S2. The summed E-state index contributed by atoms with van der Waals surface area (Å²) in [5.41, 5.74) is 0.791. The summed E-state index contributed by atoms with van der Waals surface area (Å²) >= 11 is 4.46. The Morgan fingerprint density at radius 1 is 1.64 bits per heavy atom. The third kappa shape index (κ3) is 3.01. The standard InChI is InChI=1S/C7H11BrN2O2S2/c1-6-9-7(4-13-6)3-10(2)14(11,12)5-8/h4H,3,5H2,1-2H3. The lowest BCUT2D eigenvalue weighted by atomic mass is 10.5. The van der Waals surface area contributed by atoms with Crippen LogP contribution in [-0.4, -0.2) is 29.4 Å². The number of alkyl halides is 1. The van der Waals surface area contributed by atoms with E-state index in [1.54, 1.807) is 7.05 Å². The molecular weight excluding hydrogens is 288 g/mol. The third-order valence-corrected chi connectivity index (χ3v) is 5.58. The van der Waals surface area contributed by atoms with Crippen LogP contribution in [-0.2, 0) is 16.6 Å². The number of halogens is 1. The van der Waals surface area contributed by atoms with Gasteiger partial charge in [-0.1, -0.05) is 15.9 Å². The molecule has 0 aliphatic carbocycles. The molecule has 1 heterocycles. The Labute approximate surface area is 96.1 Å². The highest BCUT2D eigenvalue weighted by atomic mass is 79.9. The molecule has 0 aromatic carbocycles. The average molecular weight is 299 g/mol. The van der Waals surface area contributed by atoms with Crippen molar-refractivity contribution in [3.05, 3.63) is 16.1 Å². The van der Waals surface area contributed by atoms with Gasteiger partial charge in [-0.15, -0.1) is 11.3 Å². The summed E-state index contributed by atoms with van der Waals surface area (Å²) in [4.78, 5) is 4.20. The van der Waals surface area contributed by atoms with Gasteiger partial charge in [0.05, 0.1) is 17.2 Å². The molecule has 80 valence electrons. The summed E-state index contributed by atoms with van der Waals surface area (Å²) in [7, 11) is -1.63. The molecule has 0 fully saturated rings. The van der Waals surface area contributed by atoms with E-state index >= 15 is 0 Å². The second kappa shape index (κ2) is 4.69. The van der Waals surface area contributed by atoms with Crippen molar-refractivity contribution in [2.24, 2.45) is 0 Å². The van der Waals surface area contributed by atoms with Crippen LogP contribution >= 0.6 is 27.3 Å². The van der Waals surface area contributed by atoms with Crippen molar-refractivity contribution in [2.75, 3.05) is 11.7 Å². The van der Waals surface area contributed by atoms with Gasteiger partial charge < -0.3 is 0 Å². The molecule has 1 aromatic heterocycles. The minimum Gasteiger partial charge on any atom is -0.245 e. The van der Waals surface area contributed by atoms with E-state index in [1.165, 1.54) is 15.6 Å². The highest BCUT2D eigenvalue weighted by Gasteiger charge is 2.16. The van der Waals surface area contributed by atoms with Crippen LogP contribution in [0.5, 0.6) is 0 Å². The van der Waals surface area contributed by atoms with E-state index in [1.807, 2.05) is 12.3 Å². The molecule has 0 N–H and O–H groups in total. The Hall–Kier alpha value is 0.0200. The Bertz CT molecular complexity index is 402. The number of nitrogens with zero attached hydrogens (tertiary/aromatic N) is 2. The number of aryl methyl sites for hydroxylation is 1. The molecule has 0 aliphatic rings. The summed E-state index contributed by atoms with van der Waals surface area (Å²) in [6, 6.07) is 0. The van der Waals surface area contributed by atoms with Gasteiger partial charge in [-0.3, -0.25) is 0 Å². The topological polar surface area (TPSA) is 50.3 Å². The lowest BCUT2D eigenvalue weighted by molar-refractivity contribution is 0.467. The zero-order valence-corrected chi connectivity index (χ0v) is 11.1. The first-order chi connectivity index (χ1) is 6.45. The Kier molecular flexibility index (Phi) is 4.05. The van der Waals surface area contributed by atoms with Crippen LogP contribution < -0.4 is 0 Å². The van der Waals surface area contributed by atoms with Crippen molar-refractivity contribution in [3.63, 3.8) is 0 Å². The predicted octanol–water partition coefficient (Wildman–Crippen LogP) is 1.57. The largest absolute Gasteiger partial charge is 0.245 e. The monoisotopic (exact) mass is 298 g/mol. The molecule has 0 amide bonds. The van der Waals surface area contributed by atoms with Crippen molar-refractivity contribution in [1.29, 1.82) is 0 Å². The zero-order valence-electron chi connectivity index (χ0n) is 7.90. The summed E-state index contributed by atoms with van der Waals surface area (Å²) in [5.74, 6) is 0. The minimum absolute atomic E-state index is 0.0559. The normalized spacial score (nSPS) is 12.3. The van der Waals surface area contributed by atoms with Crippen LogP contribution in [0.25, 0.3) is 0 Å². The molecule has 4 nitrogen and oxygen atoms in total. The van der Waals surface area contributed by atoms with Crippen LogP contribution in [0.1, 0.15) is 10.7 Å². The van der Waals surface area contributed by atoms with E-state index < -0.39 is 10.0 Å². The van der Waals surface area contributed by atoms with E-state index in [0.29, 0.717) is 6.54 Å². The number of sulfonamides is 1. The van der Waals surface area contributed by atoms with Gasteiger partial charge in [0.2, 0.25) is 10.0 Å². The van der Waals surface area contributed by atoms with Crippen molar-refractivity contribution in [2.45, 2.75) is 13.5 Å². The Morgan fingerprint density at radius 3 is 2.71 bits per heavy atom. The average Bonchev–Trinajstić information content (AvgIpc) is 2.51. The first kappa shape index (κ1) is 12.1. The molecule has 0 saturated carbocycles. The molecule has 0 saturated heterocycles. The molecule has 0 atom stereocenters. The minimum atomic E-state index is -3.17. The van der Waals surface area contributed by atoms with Gasteiger partial charge >= 0.3 is 0 Å². The van der Waals surface area contributed by atoms with Crippen molar-refractivity contribution < 1.29 is 8.42 Å². The van der Waals surface area contributed by atoms with E-state index in [9.17, 15) is 8.42 Å².